The molecule has 0 saturated carbocycles. The predicted octanol–water partition coefficient (Wildman–Crippen LogP) is 3.82. The molecule has 2 aromatic rings. The van der Waals surface area contributed by atoms with Crippen molar-refractivity contribution in [1.82, 2.24) is 9.55 Å². The van der Waals surface area contributed by atoms with E-state index in [4.69, 9.17) is 23.2 Å². The maximum Gasteiger partial charge on any atom is 0.326 e. The molecule has 1 aliphatic rings. The number of halogens is 2. The minimum Gasteiger partial charge on any atom is -0.480 e. The molecule has 1 aromatic carbocycles. The summed E-state index contributed by atoms with van der Waals surface area (Å²) in [6.45, 7) is 0. The Kier molecular flexibility index (Phi) is 3.44. The number of imidazole rings is 1. The lowest BCUT2D eigenvalue weighted by Gasteiger charge is -2.24. The molecule has 1 atom stereocenters. The van der Waals surface area contributed by atoms with Crippen molar-refractivity contribution in [3.8, 4) is 11.4 Å². The summed E-state index contributed by atoms with van der Waals surface area (Å²) in [7, 11) is 0. The molecule has 1 N–H and O–H groups in total. The smallest absolute Gasteiger partial charge is 0.326 e. The average Bonchev–Trinajstić information content (AvgIpc) is 2.76. The zero-order valence-corrected chi connectivity index (χ0v) is 12.0. The normalized spacial score (nSPS) is 17.8. The van der Waals surface area contributed by atoms with Crippen LogP contribution in [0, 0.1) is 0 Å². The molecule has 1 unspecified atom stereocenters. The van der Waals surface area contributed by atoms with E-state index >= 15 is 0 Å². The van der Waals surface area contributed by atoms with Gasteiger partial charge >= 0.3 is 5.97 Å². The van der Waals surface area contributed by atoms with Crippen molar-refractivity contribution in [1.29, 1.82) is 0 Å². The van der Waals surface area contributed by atoms with Crippen LogP contribution >= 0.6 is 23.2 Å². The summed E-state index contributed by atoms with van der Waals surface area (Å²) >= 11 is 12.2. The van der Waals surface area contributed by atoms with E-state index in [0.717, 1.165) is 24.1 Å². The number of carboxylic acids is 1. The van der Waals surface area contributed by atoms with Gasteiger partial charge in [0.05, 0.1) is 5.69 Å². The first-order valence-corrected chi connectivity index (χ1v) is 7.09. The molecular formula is C14H12Cl2N2O2. The first kappa shape index (κ1) is 13.5. The van der Waals surface area contributed by atoms with E-state index in [1.165, 1.54) is 0 Å². The summed E-state index contributed by atoms with van der Waals surface area (Å²) in [6.07, 6.45) is 2.14. The van der Waals surface area contributed by atoms with Crippen molar-refractivity contribution in [2.45, 2.75) is 25.3 Å². The van der Waals surface area contributed by atoms with E-state index in [0.29, 0.717) is 22.4 Å². The monoisotopic (exact) mass is 310 g/mol. The van der Waals surface area contributed by atoms with Crippen molar-refractivity contribution in [2.24, 2.45) is 0 Å². The first-order chi connectivity index (χ1) is 9.58. The maximum atomic E-state index is 11.5. The molecule has 3 rings (SSSR count). The van der Waals surface area contributed by atoms with Gasteiger partial charge in [-0.15, -0.1) is 0 Å². The molecule has 4 nitrogen and oxygen atoms in total. The van der Waals surface area contributed by atoms with Gasteiger partial charge in [-0.2, -0.15) is 0 Å². The molecule has 0 bridgehead atoms. The van der Waals surface area contributed by atoms with Gasteiger partial charge in [0, 0.05) is 10.6 Å². The number of aliphatic carboxylic acids is 1. The van der Waals surface area contributed by atoms with Crippen LogP contribution < -0.4 is 0 Å². The lowest BCUT2D eigenvalue weighted by atomic mass is 10.0. The highest BCUT2D eigenvalue weighted by atomic mass is 35.5. The fourth-order valence-electron chi connectivity index (χ4n) is 2.65. The van der Waals surface area contributed by atoms with Crippen LogP contribution in [0.1, 0.15) is 24.6 Å². The molecule has 6 heteroatoms. The number of rotatable bonds is 2. The second kappa shape index (κ2) is 5.11. The number of carboxylic acid groups (broad SMARTS) is 1. The summed E-state index contributed by atoms with van der Waals surface area (Å²) in [4.78, 5) is 15.8. The minimum atomic E-state index is -0.858. The largest absolute Gasteiger partial charge is 0.480 e. The number of hydrogen-bond acceptors (Lipinski definition) is 2. The molecule has 0 radical (unpaired) electrons. The van der Waals surface area contributed by atoms with Gasteiger partial charge in [0.2, 0.25) is 0 Å². The Morgan fingerprint density at radius 3 is 2.90 bits per heavy atom. The third-order valence-electron chi connectivity index (χ3n) is 3.53. The van der Waals surface area contributed by atoms with Crippen molar-refractivity contribution in [3.05, 3.63) is 40.1 Å². The van der Waals surface area contributed by atoms with Gasteiger partial charge in [-0.25, -0.2) is 9.78 Å². The van der Waals surface area contributed by atoms with E-state index in [9.17, 15) is 9.90 Å². The van der Waals surface area contributed by atoms with Gasteiger partial charge in [0.15, 0.2) is 5.15 Å². The Hall–Kier alpha value is -1.52. The van der Waals surface area contributed by atoms with Gasteiger partial charge < -0.3 is 9.67 Å². The van der Waals surface area contributed by atoms with E-state index in [1.807, 2.05) is 12.1 Å². The van der Waals surface area contributed by atoms with Crippen LogP contribution in [0.25, 0.3) is 11.4 Å². The summed E-state index contributed by atoms with van der Waals surface area (Å²) in [5, 5.41) is 10.4. The van der Waals surface area contributed by atoms with Crippen LogP contribution in [0.4, 0.5) is 0 Å². The number of benzene rings is 1. The highest BCUT2D eigenvalue weighted by Crippen LogP contribution is 2.36. The number of fused-ring (bicyclic) bond motifs is 1. The van der Waals surface area contributed by atoms with E-state index in [2.05, 4.69) is 4.98 Å². The molecule has 1 aromatic heterocycles. The van der Waals surface area contributed by atoms with Gasteiger partial charge in [-0.05, 0) is 31.4 Å². The minimum absolute atomic E-state index is 0.380. The molecular weight excluding hydrogens is 299 g/mol. The van der Waals surface area contributed by atoms with Crippen LogP contribution in [0.15, 0.2) is 24.3 Å². The summed E-state index contributed by atoms with van der Waals surface area (Å²) < 4.78 is 1.74. The van der Waals surface area contributed by atoms with E-state index < -0.39 is 12.0 Å². The Balaban J connectivity index is 2.20. The molecule has 1 aliphatic heterocycles. The second-order valence-corrected chi connectivity index (χ2v) is 5.59. The topological polar surface area (TPSA) is 55.1 Å². The van der Waals surface area contributed by atoms with E-state index in [-0.39, 0.29) is 0 Å². The summed E-state index contributed by atoms with van der Waals surface area (Å²) in [6, 6.07) is 6.58. The molecule has 20 heavy (non-hydrogen) atoms. The van der Waals surface area contributed by atoms with Crippen LogP contribution in [0.2, 0.25) is 10.2 Å². The first-order valence-electron chi connectivity index (χ1n) is 6.33. The predicted molar refractivity (Wildman–Crippen MR) is 77.3 cm³/mol. The van der Waals surface area contributed by atoms with Crippen LogP contribution in [0.5, 0.6) is 0 Å². The zero-order chi connectivity index (χ0) is 14.3. The second-order valence-electron chi connectivity index (χ2n) is 4.80. The third-order valence-corrected chi connectivity index (χ3v) is 4.07. The van der Waals surface area contributed by atoms with Crippen LogP contribution in [0.3, 0.4) is 0 Å². The third kappa shape index (κ3) is 2.19. The van der Waals surface area contributed by atoms with Gasteiger partial charge in [0.1, 0.15) is 11.9 Å². The molecule has 2 heterocycles. The fourth-order valence-corrected chi connectivity index (χ4v) is 3.11. The van der Waals surface area contributed by atoms with Crippen molar-refractivity contribution in [3.63, 3.8) is 0 Å². The molecule has 0 saturated heterocycles. The highest BCUT2D eigenvalue weighted by Gasteiger charge is 2.31. The standard InChI is InChI=1S/C14H12Cl2N2O2/c15-9-4-1-3-8(7-9)13-17-12(16)10-5-2-6-11(14(19)20)18(10)13/h1,3-4,7,11H,2,5-6H2,(H,19,20). The molecule has 0 amide bonds. The Bertz CT molecular complexity index is 682. The van der Waals surface area contributed by atoms with Crippen LogP contribution in [-0.2, 0) is 11.2 Å². The zero-order valence-electron chi connectivity index (χ0n) is 10.5. The number of nitrogens with zero attached hydrogens (tertiary/aromatic N) is 2. The van der Waals surface area contributed by atoms with Gasteiger partial charge in [-0.1, -0.05) is 35.3 Å². The fraction of sp³-hybridized carbons (Fsp3) is 0.286. The number of hydrogen-bond donors (Lipinski definition) is 1. The van der Waals surface area contributed by atoms with Gasteiger partial charge in [0.25, 0.3) is 0 Å². The lowest BCUT2D eigenvalue weighted by molar-refractivity contribution is -0.141. The average molecular weight is 311 g/mol. The molecule has 104 valence electrons. The Morgan fingerprint density at radius 2 is 2.20 bits per heavy atom. The Labute approximate surface area is 126 Å². The van der Waals surface area contributed by atoms with E-state index in [1.54, 1.807) is 16.7 Å². The quantitative estimate of drug-likeness (QED) is 0.917. The summed E-state index contributed by atoms with van der Waals surface area (Å²) in [5.74, 6) is -0.289. The highest BCUT2D eigenvalue weighted by molar-refractivity contribution is 6.31. The van der Waals surface area contributed by atoms with Crippen molar-refractivity contribution >= 4 is 29.2 Å². The number of carbonyl (C=O) groups is 1. The molecule has 0 spiro atoms. The van der Waals surface area contributed by atoms with Crippen LogP contribution in [-0.4, -0.2) is 20.6 Å². The SMILES string of the molecule is O=C(O)C1CCCc2c(Cl)nc(-c3cccc(Cl)c3)n21. The Morgan fingerprint density at radius 1 is 1.40 bits per heavy atom. The number of aromatic nitrogens is 2. The lowest BCUT2D eigenvalue weighted by Crippen LogP contribution is -2.25. The van der Waals surface area contributed by atoms with Crippen molar-refractivity contribution < 1.29 is 9.90 Å². The maximum absolute atomic E-state index is 11.5. The van der Waals surface area contributed by atoms with Gasteiger partial charge in [-0.3, -0.25) is 0 Å². The van der Waals surface area contributed by atoms with Crippen molar-refractivity contribution in [2.75, 3.05) is 0 Å². The summed E-state index contributed by atoms with van der Waals surface area (Å²) in [5.41, 5.74) is 1.57. The molecule has 0 fully saturated rings. The molecule has 0 aliphatic carbocycles.